The van der Waals surface area contributed by atoms with Crippen molar-refractivity contribution >= 4 is 23.1 Å². The van der Waals surface area contributed by atoms with Crippen LogP contribution in [0.1, 0.15) is 35.2 Å². The summed E-state index contributed by atoms with van der Waals surface area (Å²) in [4.78, 5) is 12.1. The fraction of sp³-hybridized carbons (Fsp3) is 0.385. The van der Waals surface area contributed by atoms with Crippen LogP contribution in [0, 0.1) is 5.82 Å². The molecule has 116 valence electrons. The molecule has 0 aliphatic carbocycles. The van der Waals surface area contributed by atoms with Gasteiger partial charge < -0.3 is 11.1 Å². The van der Waals surface area contributed by atoms with E-state index in [2.05, 4.69) is 17.5 Å². The monoisotopic (exact) mass is 322 g/mol. The molecule has 0 heterocycles. The number of alkyl halides is 3. The number of hydrogen-bond donors (Lipinski definition) is 2. The second kappa shape index (κ2) is 7.35. The SMILES string of the molecule is NC(=S)CCCCNC(=O)c1ccc(F)c(C(F)(F)F)c1. The first-order valence-electron chi connectivity index (χ1n) is 6.15. The molecule has 0 atom stereocenters. The average Bonchev–Trinajstić information content (AvgIpc) is 2.36. The molecule has 1 aromatic rings. The Morgan fingerprint density at radius 2 is 1.95 bits per heavy atom. The van der Waals surface area contributed by atoms with Crippen LogP contribution in [0.4, 0.5) is 17.6 Å². The lowest BCUT2D eigenvalue weighted by atomic mass is 10.1. The van der Waals surface area contributed by atoms with E-state index < -0.39 is 23.5 Å². The lowest BCUT2D eigenvalue weighted by molar-refractivity contribution is -0.140. The van der Waals surface area contributed by atoms with Gasteiger partial charge in [-0.3, -0.25) is 4.79 Å². The van der Waals surface area contributed by atoms with Gasteiger partial charge in [0.15, 0.2) is 0 Å². The normalized spacial score (nSPS) is 11.2. The first-order chi connectivity index (χ1) is 9.71. The summed E-state index contributed by atoms with van der Waals surface area (Å²) in [6, 6.07) is 2.14. The maximum Gasteiger partial charge on any atom is 0.419 e. The fourth-order valence-electron chi connectivity index (χ4n) is 1.61. The van der Waals surface area contributed by atoms with E-state index in [1.54, 1.807) is 0 Å². The van der Waals surface area contributed by atoms with Gasteiger partial charge in [-0.15, -0.1) is 0 Å². The van der Waals surface area contributed by atoms with E-state index in [9.17, 15) is 22.4 Å². The zero-order chi connectivity index (χ0) is 16.0. The number of carbonyl (C=O) groups excluding carboxylic acids is 1. The maximum atomic E-state index is 13.1. The van der Waals surface area contributed by atoms with E-state index in [0.717, 1.165) is 6.07 Å². The van der Waals surface area contributed by atoms with Crippen molar-refractivity contribution in [1.29, 1.82) is 0 Å². The Bertz CT molecular complexity index is 531. The van der Waals surface area contributed by atoms with E-state index in [1.165, 1.54) is 0 Å². The molecule has 0 radical (unpaired) electrons. The number of unbranched alkanes of at least 4 members (excludes halogenated alkanes) is 1. The molecule has 21 heavy (non-hydrogen) atoms. The van der Waals surface area contributed by atoms with Gasteiger partial charge in [0.1, 0.15) is 5.82 Å². The highest BCUT2D eigenvalue weighted by Gasteiger charge is 2.34. The average molecular weight is 322 g/mol. The molecule has 3 N–H and O–H groups in total. The Hall–Kier alpha value is -1.70. The fourth-order valence-corrected chi connectivity index (χ4v) is 1.76. The minimum absolute atomic E-state index is 0.238. The number of thiocarbonyl (C=S) groups is 1. The molecule has 0 aromatic heterocycles. The van der Waals surface area contributed by atoms with E-state index >= 15 is 0 Å². The van der Waals surface area contributed by atoms with Crippen molar-refractivity contribution in [3.05, 3.63) is 35.1 Å². The van der Waals surface area contributed by atoms with Crippen molar-refractivity contribution in [3.8, 4) is 0 Å². The second-order valence-corrected chi connectivity index (χ2v) is 4.90. The zero-order valence-corrected chi connectivity index (χ0v) is 11.8. The van der Waals surface area contributed by atoms with E-state index in [4.69, 9.17) is 5.73 Å². The minimum Gasteiger partial charge on any atom is -0.393 e. The summed E-state index contributed by atoms with van der Waals surface area (Å²) in [5.41, 5.74) is 3.61. The van der Waals surface area contributed by atoms with Crippen LogP contribution in [-0.4, -0.2) is 17.4 Å². The third-order valence-corrected chi connectivity index (χ3v) is 2.87. The van der Waals surface area contributed by atoms with Gasteiger partial charge in [-0.1, -0.05) is 12.2 Å². The summed E-state index contributed by atoms with van der Waals surface area (Å²) >= 11 is 4.68. The number of nitrogens with two attached hydrogens (primary N) is 1. The van der Waals surface area contributed by atoms with Crippen LogP contribution in [0.15, 0.2) is 18.2 Å². The van der Waals surface area contributed by atoms with Crippen molar-refractivity contribution < 1.29 is 22.4 Å². The van der Waals surface area contributed by atoms with Crippen molar-refractivity contribution in [3.63, 3.8) is 0 Å². The number of halogens is 4. The highest BCUT2D eigenvalue weighted by molar-refractivity contribution is 7.80. The smallest absolute Gasteiger partial charge is 0.393 e. The van der Waals surface area contributed by atoms with Crippen molar-refractivity contribution in [1.82, 2.24) is 5.32 Å². The Morgan fingerprint density at radius 3 is 2.52 bits per heavy atom. The van der Waals surface area contributed by atoms with Gasteiger partial charge >= 0.3 is 6.18 Å². The Kier molecular flexibility index (Phi) is 6.07. The Labute approximate surface area is 124 Å². The van der Waals surface area contributed by atoms with Gasteiger partial charge in [0.25, 0.3) is 5.91 Å². The van der Waals surface area contributed by atoms with Gasteiger partial charge in [0.2, 0.25) is 0 Å². The number of hydrogen-bond acceptors (Lipinski definition) is 2. The topological polar surface area (TPSA) is 55.1 Å². The number of amides is 1. The molecule has 0 unspecified atom stereocenters. The molecule has 0 fully saturated rings. The number of rotatable bonds is 6. The van der Waals surface area contributed by atoms with Crippen LogP contribution in [0.5, 0.6) is 0 Å². The minimum atomic E-state index is -4.84. The summed E-state index contributed by atoms with van der Waals surface area (Å²) in [7, 11) is 0. The first-order valence-corrected chi connectivity index (χ1v) is 6.56. The number of benzene rings is 1. The van der Waals surface area contributed by atoms with Gasteiger partial charge in [-0.05, 0) is 37.5 Å². The summed E-state index contributed by atoms with van der Waals surface area (Å²) in [6.07, 6.45) is -3.03. The zero-order valence-electron chi connectivity index (χ0n) is 11.0. The molecule has 0 aliphatic rings. The molecular formula is C13H14F4N2OS. The molecule has 1 aromatic carbocycles. The third kappa shape index (κ3) is 5.66. The summed E-state index contributed by atoms with van der Waals surface area (Å²) < 4.78 is 50.7. The van der Waals surface area contributed by atoms with Gasteiger partial charge in [-0.25, -0.2) is 4.39 Å². The molecule has 1 amide bonds. The highest BCUT2D eigenvalue weighted by Crippen LogP contribution is 2.31. The maximum absolute atomic E-state index is 13.1. The predicted octanol–water partition coefficient (Wildman–Crippen LogP) is 3.03. The summed E-state index contributed by atoms with van der Waals surface area (Å²) in [5.74, 6) is -2.09. The van der Waals surface area contributed by atoms with Gasteiger partial charge in [0.05, 0.1) is 10.6 Å². The van der Waals surface area contributed by atoms with E-state index in [0.29, 0.717) is 36.4 Å². The molecule has 0 spiro atoms. The summed E-state index contributed by atoms with van der Waals surface area (Å²) in [5, 5.41) is 2.46. The Balaban J connectivity index is 2.61. The highest BCUT2D eigenvalue weighted by atomic mass is 32.1. The molecule has 0 saturated carbocycles. The second-order valence-electron chi connectivity index (χ2n) is 4.37. The Morgan fingerprint density at radius 1 is 1.29 bits per heavy atom. The van der Waals surface area contributed by atoms with Gasteiger partial charge in [0, 0.05) is 12.1 Å². The van der Waals surface area contributed by atoms with Crippen molar-refractivity contribution in [2.75, 3.05) is 6.54 Å². The van der Waals surface area contributed by atoms with Crippen LogP contribution in [0.25, 0.3) is 0 Å². The molecule has 1 rings (SSSR count). The lowest BCUT2D eigenvalue weighted by Crippen LogP contribution is -2.25. The van der Waals surface area contributed by atoms with Crippen LogP contribution in [0.3, 0.4) is 0 Å². The van der Waals surface area contributed by atoms with Crippen molar-refractivity contribution in [2.45, 2.75) is 25.4 Å². The molecule has 0 bridgehead atoms. The summed E-state index contributed by atoms with van der Waals surface area (Å²) in [6.45, 7) is 0.278. The molecule has 3 nitrogen and oxygen atoms in total. The largest absolute Gasteiger partial charge is 0.419 e. The predicted molar refractivity (Wildman–Crippen MR) is 74.4 cm³/mol. The molecule has 8 heteroatoms. The molecule has 0 saturated heterocycles. The van der Waals surface area contributed by atoms with Crippen LogP contribution < -0.4 is 11.1 Å². The van der Waals surface area contributed by atoms with Crippen LogP contribution >= 0.6 is 12.2 Å². The molecule has 0 aliphatic heterocycles. The molecular weight excluding hydrogens is 308 g/mol. The van der Waals surface area contributed by atoms with Crippen LogP contribution in [-0.2, 0) is 6.18 Å². The third-order valence-electron chi connectivity index (χ3n) is 2.67. The van der Waals surface area contributed by atoms with Crippen LogP contribution in [0.2, 0.25) is 0 Å². The standard InChI is InChI=1S/C13H14F4N2OS/c14-10-5-4-8(7-9(10)13(15,16)17)12(20)19-6-2-1-3-11(18)21/h4-5,7H,1-3,6H2,(H2,18,21)(H,19,20). The number of carbonyl (C=O) groups is 1. The van der Waals surface area contributed by atoms with E-state index in [1.807, 2.05) is 0 Å². The van der Waals surface area contributed by atoms with E-state index in [-0.39, 0.29) is 12.1 Å². The number of nitrogens with one attached hydrogen (secondary N) is 1. The first kappa shape index (κ1) is 17.4. The lowest BCUT2D eigenvalue weighted by Gasteiger charge is -2.10. The quantitative estimate of drug-likeness (QED) is 0.481. The van der Waals surface area contributed by atoms with Gasteiger partial charge in [-0.2, -0.15) is 13.2 Å². The van der Waals surface area contributed by atoms with Crippen molar-refractivity contribution in [2.24, 2.45) is 5.73 Å².